The van der Waals surface area contributed by atoms with E-state index in [1.807, 2.05) is 13.2 Å². The largest absolute Gasteiger partial charge is 0.393 e. The standard InChI is InChI=1S/C17H27N3/c1-4-6-7-8-20-17-10-14(5-2)9-15(11-17)16(12-18)13-19-3/h9-13,18-20H,4-8H2,1-3H3/b16-13+,18-12?. The van der Waals surface area contributed by atoms with Crippen molar-refractivity contribution in [3.63, 3.8) is 0 Å². The molecule has 0 aliphatic carbocycles. The van der Waals surface area contributed by atoms with Gasteiger partial charge in [-0.3, -0.25) is 0 Å². The number of benzene rings is 1. The number of hydrogen-bond donors (Lipinski definition) is 3. The average Bonchev–Trinajstić information content (AvgIpc) is 2.48. The van der Waals surface area contributed by atoms with Crippen molar-refractivity contribution < 1.29 is 0 Å². The van der Waals surface area contributed by atoms with Crippen molar-refractivity contribution in [2.45, 2.75) is 39.5 Å². The van der Waals surface area contributed by atoms with E-state index in [0.29, 0.717) is 0 Å². The minimum atomic E-state index is 0.902. The monoisotopic (exact) mass is 273 g/mol. The van der Waals surface area contributed by atoms with Crippen LogP contribution in [-0.2, 0) is 6.42 Å². The van der Waals surface area contributed by atoms with Crippen molar-refractivity contribution in [3.05, 3.63) is 35.5 Å². The highest BCUT2D eigenvalue weighted by molar-refractivity contribution is 6.08. The molecule has 0 spiro atoms. The van der Waals surface area contributed by atoms with Crippen LogP contribution in [-0.4, -0.2) is 19.8 Å². The van der Waals surface area contributed by atoms with Crippen LogP contribution in [0.2, 0.25) is 0 Å². The molecule has 3 nitrogen and oxygen atoms in total. The lowest BCUT2D eigenvalue weighted by Gasteiger charge is -2.11. The Morgan fingerprint density at radius 2 is 2.00 bits per heavy atom. The minimum Gasteiger partial charge on any atom is -0.393 e. The molecule has 0 fully saturated rings. The molecule has 0 amide bonds. The Hall–Kier alpha value is -1.77. The van der Waals surface area contributed by atoms with Crippen LogP contribution in [0.25, 0.3) is 5.57 Å². The Kier molecular flexibility index (Phi) is 7.48. The first kappa shape index (κ1) is 16.3. The maximum absolute atomic E-state index is 7.54. The van der Waals surface area contributed by atoms with Gasteiger partial charge in [0.05, 0.1) is 0 Å². The molecule has 0 saturated heterocycles. The van der Waals surface area contributed by atoms with E-state index in [1.165, 1.54) is 31.0 Å². The second-order valence-corrected chi connectivity index (χ2v) is 4.94. The number of rotatable bonds is 9. The van der Waals surface area contributed by atoms with Gasteiger partial charge in [0, 0.05) is 37.3 Å². The van der Waals surface area contributed by atoms with E-state index in [1.54, 1.807) is 0 Å². The van der Waals surface area contributed by atoms with Gasteiger partial charge in [0.2, 0.25) is 0 Å². The van der Waals surface area contributed by atoms with E-state index >= 15 is 0 Å². The summed E-state index contributed by atoms with van der Waals surface area (Å²) in [4.78, 5) is 0. The molecule has 3 heteroatoms. The van der Waals surface area contributed by atoms with Gasteiger partial charge in [0.25, 0.3) is 0 Å². The van der Waals surface area contributed by atoms with Gasteiger partial charge in [-0.1, -0.05) is 32.8 Å². The minimum absolute atomic E-state index is 0.902. The number of allylic oxidation sites excluding steroid dienone is 1. The quantitative estimate of drug-likeness (QED) is 0.469. The molecule has 110 valence electrons. The first-order chi connectivity index (χ1) is 9.74. The van der Waals surface area contributed by atoms with Gasteiger partial charge in [-0.25, -0.2) is 0 Å². The van der Waals surface area contributed by atoms with Crippen molar-refractivity contribution in [1.29, 1.82) is 5.41 Å². The molecule has 0 heterocycles. The predicted molar refractivity (Wildman–Crippen MR) is 89.7 cm³/mol. The van der Waals surface area contributed by atoms with E-state index in [9.17, 15) is 0 Å². The van der Waals surface area contributed by atoms with E-state index in [0.717, 1.165) is 29.8 Å². The lowest BCUT2D eigenvalue weighted by atomic mass is 10.0. The fraction of sp³-hybridized carbons (Fsp3) is 0.471. The lowest BCUT2D eigenvalue weighted by Crippen LogP contribution is -2.03. The highest BCUT2D eigenvalue weighted by atomic mass is 14.9. The zero-order valence-electron chi connectivity index (χ0n) is 12.9. The van der Waals surface area contributed by atoms with Gasteiger partial charge in [-0.05, 0) is 36.1 Å². The van der Waals surface area contributed by atoms with Crippen LogP contribution in [0.4, 0.5) is 5.69 Å². The summed E-state index contributed by atoms with van der Waals surface area (Å²) in [5.41, 5.74) is 4.44. The summed E-state index contributed by atoms with van der Waals surface area (Å²) in [5.74, 6) is 0. The fourth-order valence-corrected chi connectivity index (χ4v) is 2.14. The van der Waals surface area contributed by atoms with E-state index < -0.39 is 0 Å². The maximum Gasteiger partial charge on any atom is 0.0349 e. The van der Waals surface area contributed by atoms with Crippen molar-refractivity contribution in [2.24, 2.45) is 0 Å². The van der Waals surface area contributed by atoms with E-state index in [4.69, 9.17) is 5.41 Å². The van der Waals surface area contributed by atoms with Gasteiger partial charge in [-0.15, -0.1) is 0 Å². The summed E-state index contributed by atoms with van der Waals surface area (Å²) in [6.07, 6.45) is 7.96. The SMILES string of the molecule is CCCCCNc1cc(CC)cc(/C(C=N)=C/NC)c1. The second kappa shape index (κ2) is 9.18. The zero-order chi connectivity index (χ0) is 14.8. The summed E-state index contributed by atoms with van der Waals surface area (Å²) in [6, 6.07) is 6.49. The Morgan fingerprint density at radius 1 is 1.20 bits per heavy atom. The van der Waals surface area contributed by atoms with Gasteiger partial charge in [0.1, 0.15) is 0 Å². The molecule has 20 heavy (non-hydrogen) atoms. The number of anilines is 1. The third-order valence-corrected chi connectivity index (χ3v) is 3.30. The van der Waals surface area contributed by atoms with Crippen LogP contribution >= 0.6 is 0 Å². The Bertz CT molecular complexity index is 450. The molecule has 1 aromatic rings. The van der Waals surface area contributed by atoms with Crippen LogP contribution in [0, 0.1) is 5.41 Å². The van der Waals surface area contributed by atoms with Crippen LogP contribution in [0.5, 0.6) is 0 Å². The van der Waals surface area contributed by atoms with Crippen LogP contribution < -0.4 is 10.6 Å². The molecule has 0 bridgehead atoms. The first-order valence-corrected chi connectivity index (χ1v) is 7.51. The summed E-state index contributed by atoms with van der Waals surface area (Å²) in [7, 11) is 1.86. The fourth-order valence-electron chi connectivity index (χ4n) is 2.14. The highest BCUT2D eigenvalue weighted by Gasteiger charge is 2.03. The first-order valence-electron chi connectivity index (χ1n) is 7.51. The molecular weight excluding hydrogens is 246 g/mol. The second-order valence-electron chi connectivity index (χ2n) is 4.94. The van der Waals surface area contributed by atoms with Gasteiger partial charge >= 0.3 is 0 Å². The van der Waals surface area contributed by atoms with Gasteiger partial charge in [-0.2, -0.15) is 0 Å². The highest BCUT2D eigenvalue weighted by Crippen LogP contribution is 2.21. The Morgan fingerprint density at radius 3 is 2.60 bits per heavy atom. The molecule has 3 N–H and O–H groups in total. The number of nitrogens with one attached hydrogen (secondary N) is 3. The van der Waals surface area contributed by atoms with Crippen LogP contribution in [0.15, 0.2) is 24.4 Å². The molecule has 0 saturated carbocycles. The molecular formula is C17H27N3. The summed E-state index contributed by atoms with van der Waals surface area (Å²) >= 11 is 0. The smallest absolute Gasteiger partial charge is 0.0349 e. The molecule has 1 aromatic carbocycles. The Balaban J connectivity index is 2.90. The third-order valence-electron chi connectivity index (χ3n) is 3.30. The topological polar surface area (TPSA) is 47.9 Å². The summed E-state index contributed by atoms with van der Waals surface area (Å²) in [6.45, 7) is 5.39. The van der Waals surface area contributed by atoms with E-state index in [2.05, 4.69) is 42.7 Å². The van der Waals surface area contributed by atoms with Crippen molar-refractivity contribution in [3.8, 4) is 0 Å². The number of aryl methyl sites for hydroxylation is 1. The molecule has 0 radical (unpaired) electrons. The van der Waals surface area contributed by atoms with Crippen molar-refractivity contribution in [2.75, 3.05) is 18.9 Å². The Labute approximate surface area is 123 Å². The zero-order valence-corrected chi connectivity index (χ0v) is 12.9. The van der Waals surface area contributed by atoms with Crippen molar-refractivity contribution in [1.82, 2.24) is 5.32 Å². The molecule has 0 aliphatic rings. The maximum atomic E-state index is 7.54. The average molecular weight is 273 g/mol. The molecule has 1 rings (SSSR count). The van der Waals surface area contributed by atoms with Crippen LogP contribution in [0.3, 0.4) is 0 Å². The van der Waals surface area contributed by atoms with Crippen LogP contribution in [0.1, 0.15) is 44.2 Å². The number of hydrogen-bond acceptors (Lipinski definition) is 3. The molecule has 0 aromatic heterocycles. The molecule has 0 unspecified atom stereocenters. The van der Waals surface area contributed by atoms with E-state index in [-0.39, 0.29) is 0 Å². The third kappa shape index (κ3) is 5.08. The van der Waals surface area contributed by atoms with Crippen molar-refractivity contribution >= 4 is 17.5 Å². The van der Waals surface area contributed by atoms with Gasteiger partial charge in [0.15, 0.2) is 0 Å². The molecule has 0 atom stereocenters. The molecule has 0 aliphatic heterocycles. The summed E-state index contributed by atoms with van der Waals surface area (Å²) < 4.78 is 0. The van der Waals surface area contributed by atoms with Gasteiger partial charge < -0.3 is 16.0 Å². The lowest BCUT2D eigenvalue weighted by molar-refractivity contribution is 0.743. The normalized spacial score (nSPS) is 11.2. The predicted octanol–water partition coefficient (Wildman–Crippen LogP) is 4.06. The number of unbranched alkanes of at least 4 members (excludes halogenated alkanes) is 2. The summed E-state index contributed by atoms with van der Waals surface area (Å²) in [5, 5.41) is 14.0.